The number of fused-ring (bicyclic) bond motifs is 1. The summed E-state index contributed by atoms with van der Waals surface area (Å²) in [5, 5.41) is 9.04. The number of ether oxygens (including phenoxy) is 1. The largest absolute Gasteiger partial charge is 0.481 e. The van der Waals surface area contributed by atoms with Crippen LogP contribution in [0.25, 0.3) is 0 Å². The molecule has 0 radical (unpaired) electrons. The second-order valence-electron chi connectivity index (χ2n) is 6.01. The first-order chi connectivity index (χ1) is 9.66. The fourth-order valence-electron chi connectivity index (χ4n) is 3.65. The van der Waals surface area contributed by atoms with E-state index in [0.717, 1.165) is 19.3 Å². The lowest BCUT2D eigenvalue weighted by Gasteiger charge is -2.44. The van der Waals surface area contributed by atoms with Gasteiger partial charge in [0.05, 0.1) is 24.7 Å². The molecule has 6 nitrogen and oxygen atoms in total. The van der Waals surface area contributed by atoms with Crippen molar-refractivity contribution in [1.82, 2.24) is 9.80 Å². The maximum absolute atomic E-state index is 12.6. The maximum Gasteiger partial charge on any atom is 0.320 e. The fraction of sp³-hybridized carbons (Fsp3) is 0.857. The van der Waals surface area contributed by atoms with Crippen LogP contribution in [0.1, 0.15) is 32.1 Å². The van der Waals surface area contributed by atoms with Crippen LogP contribution < -0.4 is 0 Å². The number of aliphatic carboxylic acids is 1. The Hall–Kier alpha value is -1.30. The van der Waals surface area contributed by atoms with E-state index in [9.17, 15) is 9.59 Å². The molecule has 0 aromatic carbocycles. The molecule has 6 heteroatoms. The molecule has 3 fully saturated rings. The van der Waals surface area contributed by atoms with E-state index in [2.05, 4.69) is 0 Å². The highest BCUT2D eigenvalue weighted by atomic mass is 16.5. The zero-order chi connectivity index (χ0) is 14.1. The number of morpholine rings is 1. The second-order valence-corrected chi connectivity index (χ2v) is 6.01. The van der Waals surface area contributed by atoms with Crippen LogP contribution in [0, 0.1) is 5.92 Å². The van der Waals surface area contributed by atoms with Crippen LogP contribution in [-0.2, 0) is 9.53 Å². The minimum atomic E-state index is -0.794. The highest BCUT2D eigenvalue weighted by Crippen LogP contribution is 2.30. The first-order valence-corrected chi connectivity index (χ1v) is 7.57. The number of carboxylic acid groups (broad SMARTS) is 1. The average molecular weight is 282 g/mol. The smallest absolute Gasteiger partial charge is 0.320 e. The molecule has 2 saturated heterocycles. The number of carboxylic acids is 1. The second kappa shape index (κ2) is 5.60. The van der Waals surface area contributed by atoms with E-state index in [-0.39, 0.29) is 18.2 Å². The van der Waals surface area contributed by atoms with Crippen LogP contribution in [0.2, 0.25) is 0 Å². The summed E-state index contributed by atoms with van der Waals surface area (Å²) < 4.78 is 5.78. The van der Waals surface area contributed by atoms with Gasteiger partial charge in [0.15, 0.2) is 0 Å². The standard InChI is InChI=1S/C14H22N2O4/c17-13(18)10-5-6-15(9-10)14(19)16-7-8-20-12-4-2-1-3-11(12)16/h10-12H,1-9H2,(H,17,18). The van der Waals surface area contributed by atoms with Gasteiger partial charge in [-0.3, -0.25) is 4.79 Å². The SMILES string of the molecule is O=C(O)C1CCN(C(=O)N2CCOC3CCCCC32)C1. The van der Waals surface area contributed by atoms with Gasteiger partial charge in [-0.25, -0.2) is 4.79 Å². The first-order valence-electron chi connectivity index (χ1n) is 7.57. The fourth-order valence-corrected chi connectivity index (χ4v) is 3.65. The molecule has 2 amide bonds. The lowest BCUT2D eigenvalue weighted by Crippen LogP contribution is -2.57. The quantitative estimate of drug-likeness (QED) is 0.783. The van der Waals surface area contributed by atoms with E-state index >= 15 is 0 Å². The van der Waals surface area contributed by atoms with Crippen LogP contribution in [0.5, 0.6) is 0 Å². The van der Waals surface area contributed by atoms with Crippen LogP contribution in [0.3, 0.4) is 0 Å². The van der Waals surface area contributed by atoms with Crippen molar-refractivity contribution < 1.29 is 19.4 Å². The van der Waals surface area contributed by atoms with Crippen molar-refractivity contribution >= 4 is 12.0 Å². The molecule has 1 aliphatic carbocycles. The number of hydrogen-bond donors (Lipinski definition) is 1. The summed E-state index contributed by atoms with van der Waals surface area (Å²) in [7, 11) is 0. The van der Waals surface area contributed by atoms with Crippen molar-refractivity contribution in [1.29, 1.82) is 0 Å². The van der Waals surface area contributed by atoms with Gasteiger partial charge in [0.1, 0.15) is 0 Å². The lowest BCUT2D eigenvalue weighted by molar-refractivity contribution is -0.141. The number of nitrogens with zero attached hydrogens (tertiary/aromatic N) is 2. The molecule has 3 atom stereocenters. The van der Waals surface area contributed by atoms with Crippen LogP contribution >= 0.6 is 0 Å². The summed E-state index contributed by atoms with van der Waals surface area (Å²) in [6, 6.07) is 0.197. The van der Waals surface area contributed by atoms with Gasteiger partial charge in [-0.2, -0.15) is 0 Å². The third kappa shape index (κ3) is 2.49. The molecule has 0 aromatic rings. The number of carbonyl (C=O) groups excluding carboxylic acids is 1. The molecule has 2 heterocycles. The Morgan fingerprint density at radius 1 is 1.10 bits per heavy atom. The van der Waals surface area contributed by atoms with Crippen molar-refractivity contribution in [2.45, 2.75) is 44.2 Å². The molecule has 0 spiro atoms. The van der Waals surface area contributed by atoms with Gasteiger partial charge in [0.25, 0.3) is 0 Å². The van der Waals surface area contributed by atoms with Crippen molar-refractivity contribution in [2.24, 2.45) is 5.92 Å². The molecular formula is C14H22N2O4. The predicted octanol–water partition coefficient (Wildman–Crippen LogP) is 1.16. The van der Waals surface area contributed by atoms with Crippen LogP contribution in [-0.4, -0.2) is 65.3 Å². The summed E-state index contributed by atoms with van der Waals surface area (Å²) >= 11 is 0. The molecule has 112 valence electrons. The van der Waals surface area contributed by atoms with E-state index in [4.69, 9.17) is 9.84 Å². The summed E-state index contributed by atoms with van der Waals surface area (Å²) in [5.41, 5.74) is 0. The van der Waals surface area contributed by atoms with Gasteiger partial charge in [-0.05, 0) is 19.3 Å². The third-order valence-corrected chi connectivity index (χ3v) is 4.79. The Bertz CT molecular complexity index is 399. The molecule has 1 N–H and O–H groups in total. The normalized spacial score (nSPS) is 33.9. The van der Waals surface area contributed by atoms with Gasteiger partial charge in [-0.1, -0.05) is 12.8 Å². The topological polar surface area (TPSA) is 70.1 Å². The Morgan fingerprint density at radius 3 is 2.65 bits per heavy atom. The van der Waals surface area contributed by atoms with Crippen LogP contribution in [0.4, 0.5) is 4.79 Å². The van der Waals surface area contributed by atoms with Gasteiger partial charge in [0, 0.05) is 19.6 Å². The predicted molar refractivity (Wildman–Crippen MR) is 71.4 cm³/mol. The van der Waals surface area contributed by atoms with E-state index < -0.39 is 11.9 Å². The number of amides is 2. The number of urea groups is 1. The zero-order valence-corrected chi connectivity index (χ0v) is 11.7. The van der Waals surface area contributed by atoms with Crippen LogP contribution in [0.15, 0.2) is 0 Å². The van der Waals surface area contributed by atoms with E-state index in [1.165, 1.54) is 6.42 Å². The van der Waals surface area contributed by atoms with E-state index in [1.54, 1.807) is 4.90 Å². The lowest BCUT2D eigenvalue weighted by atomic mass is 9.90. The van der Waals surface area contributed by atoms with Crippen molar-refractivity contribution in [3.63, 3.8) is 0 Å². The molecular weight excluding hydrogens is 260 g/mol. The highest BCUT2D eigenvalue weighted by molar-refractivity contribution is 5.78. The van der Waals surface area contributed by atoms with Gasteiger partial charge in [-0.15, -0.1) is 0 Å². The Labute approximate surface area is 118 Å². The molecule has 3 rings (SSSR count). The number of likely N-dealkylation sites (tertiary alicyclic amines) is 1. The first kappa shape index (κ1) is 13.7. The van der Waals surface area contributed by atoms with Crippen molar-refractivity contribution in [3.8, 4) is 0 Å². The summed E-state index contributed by atoms with van der Waals surface area (Å²) in [6.45, 7) is 2.14. The van der Waals surface area contributed by atoms with Crippen molar-refractivity contribution in [3.05, 3.63) is 0 Å². The minimum absolute atomic E-state index is 0.00829. The maximum atomic E-state index is 12.6. The monoisotopic (exact) mass is 282 g/mol. The highest BCUT2D eigenvalue weighted by Gasteiger charge is 2.40. The third-order valence-electron chi connectivity index (χ3n) is 4.79. The Morgan fingerprint density at radius 2 is 1.90 bits per heavy atom. The van der Waals surface area contributed by atoms with E-state index in [0.29, 0.717) is 32.7 Å². The van der Waals surface area contributed by atoms with Gasteiger partial charge < -0.3 is 19.6 Å². The average Bonchev–Trinajstić information content (AvgIpc) is 2.96. The molecule has 0 bridgehead atoms. The summed E-state index contributed by atoms with van der Waals surface area (Å²) in [4.78, 5) is 27.3. The zero-order valence-electron chi connectivity index (χ0n) is 11.7. The summed E-state index contributed by atoms with van der Waals surface area (Å²) in [5.74, 6) is -1.19. The molecule has 20 heavy (non-hydrogen) atoms. The van der Waals surface area contributed by atoms with Crippen molar-refractivity contribution in [2.75, 3.05) is 26.2 Å². The number of hydrogen-bond acceptors (Lipinski definition) is 3. The summed E-state index contributed by atoms with van der Waals surface area (Å²) in [6.07, 6.45) is 5.11. The number of carbonyl (C=O) groups is 2. The molecule has 1 saturated carbocycles. The van der Waals surface area contributed by atoms with Gasteiger partial charge in [0.2, 0.25) is 0 Å². The molecule has 3 unspecified atom stereocenters. The van der Waals surface area contributed by atoms with Gasteiger partial charge >= 0.3 is 12.0 Å². The Kier molecular flexibility index (Phi) is 3.83. The molecule has 2 aliphatic heterocycles. The van der Waals surface area contributed by atoms with E-state index in [1.807, 2.05) is 4.90 Å². The Balaban J connectivity index is 1.65. The molecule has 3 aliphatic rings. The number of rotatable bonds is 1. The molecule has 0 aromatic heterocycles. The minimum Gasteiger partial charge on any atom is -0.481 e.